The minimum absolute atomic E-state index is 0.0215. The molecule has 0 heterocycles. The Hall–Kier alpha value is -1.42. The van der Waals surface area contributed by atoms with Crippen LogP contribution < -0.4 is 5.32 Å². The van der Waals surface area contributed by atoms with Gasteiger partial charge in [-0.1, -0.05) is 32.4 Å². The summed E-state index contributed by atoms with van der Waals surface area (Å²) in [5.41, 5.74) is 0.272. The molecular weight excluding hydrogens is 281 g/mol. The fourth-order valence-corrected chi connectivity index (χ4v) is 2.83. The normalized spacial score (nSPS) is 16.4. The molecule has 122 valence electrons. The first kappa shape index (κ1) is 16.9. The van der Waals surface area contributed by atoms with Crippen molar-refractivity contribution in [1.29, 1.82) is 0 Å². The third kappa shape index (κ3) is 4.07. The molecule has 22 heavy (non-hydrogen) atoms. The van der Waals surface area contributed by atoms with Crippen molar-refractivity contribution >= 4 is 5.91 Å². The van der Waals surface area contributed by atoms with E-state index in [1.54, 1.807) is 6.07 Å². The molecule has 0 spiro atoms. The van der Waals surface area contributed by atoms with E-state index in [9.17, 15) is 9.18 Å². The third-order valence-corrected chi connectivity index (χ3v) is 4.22. The number of carbonyl (C=O) groups excluding carboxylic acids is 1. The lowest BCUT2D eigenvalue weighted by atomic mass is 9.64. The molecule has 1 aromatic carbocycles. The number of ether oxygens (including phenoxy) is 1. The van der Waals surface area contributed by atoms with Crippen LogP contribution in [-0.2, 0) is 14.9 Å². The van der Waals surface area contributed by atoms with Crippen molar-refractivity contribution in [2.45, 2.75) is 44.9 Å². The van der Waals surface area contributed by atoms with E-state index in [-0.39, 0.29) is 11.7 Å². The number of nitrogens with one attached hydrogen (secondary N) is 1. The van der Waals surface area contributed by atoms with Crippen LogP contribution in [0, 0.1) is 11.7 Å². The van der Waals surface area contributed by atoms with E-state index in [0.717, 1.165) is 37.9 Å². The Labute approximate surface area is 132 Å². The first-order valence-electron chi connectivity index (χ1n) is 8.17. The number of halogens is 1. The highest BCUT2D eigenvalue weighted by Crippen LogP contribution is 2.44. The van der Waals surface area contributed by atoms with Crippen molar-refractivity contribution in [3.8, 4) is 0 Å². The summed E-state index contributed by atoms with van der Waals surface area (Å²) in [6.45, 7) is 6.24. The van der Waals surface area contributed by atoms with Gasteiger partial charge in [-0.15, -0.1) is 0 Å². The maximum Gasteiger partial charge on any atom is 0.230 e. The summed E-state index contributed by atoms with van der Waals surface area (Å²) in [6, 6.07) is 6.44. The molecule has 1 aliphatic rings. The van der Waals surface area contributed by atoms with Crippen LogP contribution in [0.4, 0.5) is 4.39 Å². The highest BCUT2D eigenvalue weighted by Gasteiger charge is 2.45. The van der Waals surface area contributed by atoms with Crippen LogP contribution in [0.15, 0.2) is 24.3 Å². The Morgan fingerprint density at radius 1 is 1.41 bits per heavy atom. The second-order valence-corrected chi connectivity index (χ2v) is 6.52. The van der Waals surface area contributed by atoms with Crippen molar-refractivity contribution in [1.82, 2.24) is 5.32 Å². The van der Waals surface area contributed by atoms with E-state index in [1.165, 1.54) is 12.1 Å². The lowest BCUT2D eigenvalue weighted by Crippen LogP contribution is -2.49. The quantitative estimate of drug-likeness (QED) is 0.747. The number of rotatable bonds is 8. The fraction of sp³-hybridized carbons (Fsp3) is 0.611. The van der Waals surface area contributed by atoms with E-state index in [2.05, 4.69) is 19.2 Å². The molecule has 0 atom stereocenters. The summed E-state index contributed by atoms with van der Waals surface area (Å²) in [7, 11) is 0. The maximum atomic E-state index is 13.4. The molecule has 3 nitrogen and oxygen atoms in total. The lowest BCUT2D eigenvalue weighted by molar-refractivity contribution is -0.130. The van der Waals surface area contributed by atoms with Gasteiger partial charge in [0.1, 0.15) is 5.82 Å². The summed E-state index contributed by atoms with van der Waals surface area (Å²) < 4.78 is 18.9. The van der Waals surface area contributed by atoms with Crippen LogP contribution in [-0.4, -0.2) is 25.7 Å². The molecular formula is C18H26FNO2. The van der Waals surface area contributed by atoms with Crippen molar-refractivity contribution in [2.75, 3.05) is 19.8 Å². The van der Waals surface area contributed by atoms with Gasteiger partial charge in [-0.2, -0.15) is 0 Å². The van der Waals surface area contributed by atoms with Crippen molar-refractivity contribution in [3.63, 3.8) is 0 Å². The van der Waals surface area contributed by atoms with Crippen molar-refractivity contribution < 1.29 is 13.9 Å². The van der Waals surface area contributed by atoms with Gasteiger partial charge in [-0.25, -0.2) is 4.39 Å². The molecule has 2 rings (SSSR count). The lowest BCUT2D eigenvalue weighted by Gasteiger charge is -2.40. The van der Waals surface area contributed by atoms with Gasteiger partial charge in [0.2, 0.25) is 5.91 Å². The Morgan fingerprint density at radius 2 is 2.18 bits per heavy atom. The molecule has 0 radical (unpaired) electrons. The van der Waals surface area contributed by atoms with Crippen LogP contribution in [0.25, 0.3) is 0 Å². The van der Waals surface area contributed by atoms with Gasteiger partial charge in [-0.3, -0.25) is 4.79 Å². The Bertz CT molecular complexity index is 498. The Balaban J connectivity index is 1.82. The number of hydrogen-bond donors (Lipinski definition) is 1. The summed E-state index contributed by atoms with van der Waals surface area (Å²) in [5, 5.41) is 2.99. The highest BCUT2D eigenvalue weighted by atomic mass is 19.1. The highest BCUT2D eigenvalue weighted by molar-refractivity contribution is 5.89. The number of amides is 1. The zero-order valence-electron chi connectivity index (χ0n) is 13.5. The minimum atomic E-state index is -0.527. The van der Waals surface area contributed by atoms with Crippen LogP contribution in [0.1, 0.15) is 45.1 Å². The van der Waals surface area contributed by atoms with Gasteiger partial charge >= 0.3 is 0 Å². The first-order chi connectivity index (χ1) is 10.5. The number of hydrogen-bond acceptors (Lipinski definition) is 2. The van der Waals surface area contributed by atoms with Crippen LogP contribution in [0.5, 0.6) is 0 Å². The maximum absolute atomic E-state index is 13.4. The molecule has 1 N–H and O–H groups in total. The van der Waals surface area contributed by atoms with Gasteiger partial charge in [0.15, 0.2) is 0 Å². The number of carbonyl (C=O) groups is 1. The average molecular weight is 307 g/mol. The monoisotopic (exact) mass is 307 g/mol. The van der Waals surface area contributed by atoms with Crippen LogP contribution >= 0.6 is 0 Å². The molecule has 1 amide bonds. The van der Waals surface area contributed by atoms with Crippen LogP contribution in [0.3, 0.4) is 0 Å². The molecule has 0 saturated heterocycles. The van der Waals surface area contributed by atoms with Crippen molar-refractivity contribution in [2.24, 2.45) is 5.92 Å². The zero-order chi connectivity index (χ0) is 16.0. The second-order valence-electron chi connectivity index (χ2n) is 6.52. The zero-order valence-corrected chi connectivity index (χ0v) is 13.5. The minimum Gasteiger partial charge on any atom is -0.381 e. The second kappa shape index (κ2) is 7.73. The van der Waals surface area contributed by atoms with Gasteiger partial charge < -0.3 is 10.1 Å². The van der Waals surface area contributed by atoms with Gasteiger partial charge in [0, 0.05) is 19.8 Å². The molecule has 1 fully saturated rings. The van der Waals surface area contributed by atoms with Crippen molar-refractivity contribution in [3.05, 3.63) is 35.6 Å². The largest absolute Gasteiger partial charge is 0.381 e. The molecule has 0 unspecified atom stereocenters. The standard InChI is InChI=1S/C18H26FNO2/c1-14(2)13-22-11-5-10-20-17(21)18(8-4-9-18)15-6-3-7-16(19)12-15/h3,6-7,12,14H,4-5,8-11,13H2,1-2H3,(H,20,21). The predicted octanol–water partition coefficient (Wildman–Crippen LogP) is 3.43. The summed E-state index contributed by atoms with van der Waals surface area (Å²) in [5.74, 6) is 0.271. The van der Waals surface area contributed by atoms with Gasteiger partial charge in [-0.05, 0) is 42.9 Å². The molecule has 1 aromatic rings. The van der Waals surface area contributed by atoms with Gasteiger partial charge in [0.05, 0.1) is 5.41 Å². The van der Waals surface area contributed by atoms with E-state index < -0.39 is 5.41 Å². The SMILES string of the molecule is CC(C)COCCCNC(=O)C1(c2cccc(F)c2)CCC1. The summed E-state index contributed by atoms with van der Waals surface area (Å²) in [6.07, 6.45) is 3.41. The molecule has 0 aliphatic heterocycles. The van der Waals surface area contributed by atoms with Crippen LogP contribution in [0.2, 0.25) is 0 Å². The average Bonchev–Trinajstić information content (AvgIpc) is 2.41. The summed E-state index contributed by atoms with van der Waals surface area (Å²) in [4.78, 5) is 12.5. The van der Waals surface area contributed by atoms with E-state index in [4.69, 9.17) is 4.74 Å². The molecule has 0 bridgehead atoms. The Morgan fingerprint density at radius 3 is 2.77 bits per heavy atom. The molecule has 0 aromatic heterocycles. The van der Waals surface area contributed by atoms with E-state index >= 15 is 0 Å². The molecule has 4 heteroatoms. The first-order valence-corrected chi connectivity index (χ1v) is 8.17. The Kier molecular flexibility index (Phi) is 5.95. The fourth-order valence-electron chi connectivity index (χ4n) is 2.83. The van der Waals surface area contributed by atoms with E-state index in [1.807, 2.05) is 6.07 Å². The third-order valence-electron chi connectivity index (χ3n) is 4.22. The molecule has 1 aliphatic carbocycles. The smallest absolute Gasteiger partial charge is 0.230 e. The molecule has 1 saturated carbocycles. The topological polar surface area (TPSA) is 38.3 Å². The number of benzene rings is 1. The van der Waals surface area contributed by atoms with Gasteiger partial charge in [0.25, 0.3) is 0 Å². The van der Waals surface area contributed by atoms with E-state index in [0.29, 0.717) is 19.1 Å². The predicted molar refractivity (Wildman–Crippen MR) is 85.2 cm³/mol. The summed E-state index contributed by atoms with van der Waals surface area (Å²) >= 11 is 0.